The molecule has 2 aromatic carbocycles. The maximum atomic E-state index is 13.1. The molecular weight excluding hydrogens is 375 g/mol. The molecule has 0 unspecified atom stereocenters. The minimum Gasteiger partial charge on any atom is -0.497 e. The second-order valence-corrected chi connectivity index (χ2v) is 6.81. The number of nitrogens with zero attached hydrogens (tertiary/aromatic N) is 2. The van der Waals surface area contributed by atoms with Crippen molar-refractivity contribution in [2.75, 3.05) is 39.9 Å². The molecule has 7 heteroatoms. The van der Waals surface area contributed by atoms with Crippen LogP contribution in [0, 0.1) is 5.82 Å². The summed E-state index contributed by atoms with van der Waals surface area (Å²) in [7, 11) is 1.58. The SMILES string of the molecule is COc1ccc(C(=O)N2CCN(C(=O)CCCOc3cccc(F)c3)CC2)cc1. The normalized spacial score (nSPS) is 13.9. The van der Waals surface area contributed by atoms with Gasteiger partial charge in [0.05, 0.1) is 13.7 Å². The zero-order valence-corrected chi connectivity index (χ0v) is 16.5. The van der Waals surface area contributed by atoms with Crippen molar-refractivity contribution in [3.05, 3.63) is 59.9 Å². The molecule has 1 saturated heterocycles. The summed E-state index contributed by atoms with van der Waals surface area (Å²) < 4.78 is 23.7. The van der Waals surface area contributed by atoms with E-state index in [4.69, 9.17) is 9.47 Å². The van der Waals surface area contributed by atoms with Gasteiger partial charge in [0.25, 0.3) is 5.91 Å². The van der Waals surface area contributed by atoms with Crippen LogP contribution in [0.2, 0.25) is 0 Å². The monoisotopic (exact) mass is 400 g/mol. The summed E-state index contributed by atoms with van der Waals surface area (Å²) in [5.41, 5.74) is 0.611. The van der Waals surface area contributed by atoms with Crippen LogP contribution in [0.3, 0.4) is 0 Å². The summed E-state index contributed by atoms with van der Waals surface area (Å²) in [5, 5.41) is 0. The molecule has 0 spiro atoms. The van der Waals surface area contributed by atoms with Crippen molar-refractivity contribution in [1.29, 1.82) is 0 Å². The summed E-state index contributed by atoms with van der Waals surface area (Å²) in [6.45, 7) is 2.41. The fourth-order valence-corrected chi connectivity index (χ4v) is 3.20. The van der Waals surface area contributed by atoms with Gasteiger partial charge in [-0.2, -0.15) is 0 Å². The molecule has 1 heterocycles. The quantitative estimate of drug-likeness (QED) is 0.671. The number of amides is 2. The lowest BCUT2D eigenvalue weighted by atomic mass is 10.1. The van der Waals surface area contributed by atoms with Crippen molar-refractivity contribution in [3.8, 4) is 11.5 Å². The lowest BCUT2D eigenvalue weighted by Gasteiger charge is -2.35. The van der Waals surface area contributed by atoms with Gasteiger partial charge in [-0.1, -0.05) is 6.07 Å². The Balaban J connectivity index is 1.39. The molecule has 154 valence electrons. The molecule has 29 heavy (non-hydrogen) atoms. The minimum absolute atomic E-state index is 0.0387. The summed E-state index contributed by atoms with van der Waals surface area (Å²) >= 11 is 0. The number of hydrogen-bond acceptors (Lipinski definition) is 4. The molecule has 2 amide bonds. The first kappa shape index (κ1) is 20.6. The third-order valence-electron chi connectivity index (χ3n) is 4.86. The van der Waals surface area contributed by atoms with Crippen LogP contribution in [-0.2, 0) is 4.79 Å². The van der Waals surface area contributed by atoms with E-state index < -0.39 is 0 Å². The van der Waals surface area contributed by atoms with Gasteiger partial charge in [0.15, 0.2) is 0 Å². The van der Waals surface area contributed by atoms with E-state index in [2.05, 4.69) is 0 Å². The number of carbonyl (C=O) groups excluding carboxylic acids is 2. The highest BCUT2D eigenvalue weighted by atomic mass is 19.1. The Hall–Kier alpha value is -3.09. The molecule has 0 saturated carbocycles. The van der Waals surface area contributed by atoms with Crippen LogP contribution in [0.15, 0.2) is 48.5 Å². The highest BCUT2D eigenvalue weighted by Gasteiger charge is 2.24. The smallest absolute Gasteiger partial charge is 0.253 e. The molecule has 1 aliphatic heterocycles. The van der Waals surface area contributed by atoms with Gasteiger partial charge in [-0.05, 0) is 42.8 Å². The van der Waals surface area contributed by atoms with Crippen LogP contribution in [0.5, 0.6) is 11.5 Å². The molecule has 2 aromatic rings. The van der Waals surface area contributed by atoms with Crippen molar-refractivity contribution in [3.63, 3.8) is 0 Å². The molecular formula is C22H25FN2O4. The molecule has 3 rings (SSSR count). The van der Waals surface area contributed by atoms with Gasteiger partial charge in [-0.25, -0.2) is 4.39 Å². The number of carbonyl (C=O) groups is 2. The van der Waals surface area contributed by atoms with Gasteiger partial charge in [0.1, 0.15) is 17.3 Å². The zero-order chi connectivity index (χ0) is 20.6. The van der Waals surface area contributed by atoms with E-state index in [9.17, 15) is 14.0 Å². The summed E-state index contributed by atoms with van der Waals surface area (Å²) in [4.78, 5) is 28.5. The van der Waals surface area contributed by atoms with Gasteiger partial charge >= 0.3 is 0 Å². The van der Waals surface area contributed by atoms with E-state index in [0.29, 0.717) is 62.7 Å². The summed E-state index contributed by atoms with van der Waals surface area (Å²) in [5.74, 6) is 0.828. The van der Waals surface area contributed by atoms with E-state index in [1.807, 2.05) is 0 Å². The Kier molecular flexibility index (Phi) is 7.05. The predicted molar refractivity (Wildman–Crippen MR) is 107 cm³/mol. The number of halogens is 1. The first-order chi connectivity index (χ1) is 14.1. The lowest BCUT2D eigenvalue weighted by Crippen LogP contribution is -2.50. The van der Waals surface area contributed by atoms with Crippen LogP contribution in [-0.4, -0.2) is 61.5 Å². The van der Waals surface area contributed by atoms with Crippen molar-refractivity contribution in [1.82, 2.24) is 9.80 Å². The van der Waals surface area contributed by atoms with Crippen LogP contribution in [0.1, 0.15) is 23.2 Å². The Morgan fingerprint density at radius 2 is 1.66 bits per heavy atom. The third kappa shape index (κ3) is 5.70. The molecule has 6 nitrogen and oxygen atoms in total. The van der Waals surface area contributed by atoms with Gasteiger partial charge in [0, 0.05) is 44.2 Å². The van der Waals surface area contributed by atoms with Crippen LogP contribution >= 0.6 is 0 Å². The Morgan fingerprint density at radius 3 is 2.31 bits per heavy atom. The number of benzene rings is 2. The van der Waals surface area contributed by atoms with E-state index >= 15 is 0 Å². The maximum absolute atomic E-state index is 13.1. The van der Waals surface area contributed by atoms with Crippen LogP contribution < -0.4 is 9.47 Å². The molecule has 0 atom stereocenters. The molecule has 0 radical (unpaired) electrons. The van der Waals surface area contributed by atoms with Crippen molar-refractivity contribution >= 4 is 11.8 Å². The third-order valence-corrected chi connectivity index (χ3v) is 4.86. The lowest BCUT2D eigenvalue weighted by molar-refractivity contribution is -0.132. The highest BCUT2D eigenvalue weighted by molar-refractivity contribution is 5.94. The van der Waals surface area contributed by atoms with Gasteiger partial charge in [-0.15, -0.1) is 0 Å². The van der Waals surface area contributed by atoms with E-state index in [-0.39, 0.29) is 17.6 Å². The highest BCUT2D eigenvalue weighted by Crippen LogP contribution is 2.15. The second kappa shape index (κ2) is 9.91. The van der Waals surface area contributed by atoms with E-state index in [0.717, 1.165) is 0 Å². The first-order valence-electron chi connectivity index (χ1n) is 9.66. The molecule has 1 aliphatic rings. The Bertz CT molecular complexity index is 833. The largest absolute Gasteiger partial charge is 0.497 e. The van der Waals surface area contributed by atoms with Crippen molar-refractivity contribution in [2.24, 2.45) is 0 Å². The molecule has 0 aliphatic carbocycles. The van der Waals surface area contributed by atoms with Gasteiger partial charge in [-0.3, -0.25) is 9.59 Å². The van der Waals surface area contributed by atoms with Crippen LogP contribution in [0.25, 0.3) is 0 Å². The maximum Gasteiger partial charge on any atom is 0.253 e. The van der Waals surface area contributed by atoms with Gasteiger partial charge in [0.2, 0.25) is 5.91 Å². The Labute approximate surface area is 169 Å². The Morgan fingerprint density at radius 1 is 0.966 bits per heavy atom. The van der Waals surface area contributed by atoms with Gasteiger partial charge < -0.3 is 19.3 Å². The molecule has 0 aromatic heterocycles. The molecule has 1 fully saturated rings. The average Bonchev–Trinajstić information content (AvgIpc) is 2.76. The number of rotatable bonds is 7. The molecule has 0 N–H and O–H groups in total. The molecule has 0 bridgehead atoms. The standard InChI is InChI=1S/C22H25FN2O4/c1-28-19-9-7-17(8-10-19)22(27)25-13-11-24(12-14-25)21(26)6-3-15-29-20-5-2-4-18(23)16-20/h2,4-5,7-10,16H,3,6,11-15H2,1H3. The number of piperazine rings is 1. The fourth-order valence-electron chi connectivity index (χ4n) is 3.20. The predicted octanol–water partition coefficient (Wildman–Crippen LogP) is 2.98. The number of methoxy groups -OCH3 is 1. The number of ether oxygens (including phenoxy) is 2. The van der Waals surface area contributed by atoms with Crippen molar-refractivity contribution in [2.45, 2.75) is 12.8 Å². The van der Waals surface area contributed by atoms with Crippen LogP contribution in [0.4, 0.5) is 4.39 Å². The van der Waals surface area contributed by atoms with Crippen molar-refractivity contribution < 1.29 is 23.5 Å². The first-order valence-corrected chi connectivity index (χ1v) is 9.66. The van der Waals surface area contributed by atoms with E-state index in [1.165, 1.54) is 12.1 Å². The zero-order valence-electron chi connectivity index (χ0n) is 16.5. The topological polar surface area (TPSA) is 59.1 Å². The summed E-state index contributed by atoms with van der Waals surface area (Å²) in [6.07, 6.45) is 0.919. The summed E-state index contributed by atoms with van der Waals surface area (Å²) in [6, 6.07) is 13.0. The minimum atomic E-state index is -0.347. The van der Waals surface area contributed by atoms with E-state index in [1.54, 1.807) is 53.3 Å². The second-order valence-electron chi connectivity index (χ2n) is 6.81. The number of hydrogen-bond donors (Lipinski definition) is 0. The fraction of sp³-hybridized carbons (Fsp3) is 0.364. The average molecular weight is 400 g/mol.